The zero-order chi connectivity index (χ0) is 26.5. The molecule has 0 radical (unpaired) electrons. The van der Waals surface area contributed by atoms with Gasteiger partial charge in [0.25, 0.3) is 0 Å². The summed E-state index contributed by atoms with van der Waals surface area (Å²) < 4.78 is 56.7. The number of aryl methyl sites for hydroxylation is 2. The standard InChI is InChI=1S/C26H33N5O4S2/c1-21-5-9-25(10-6-21)36(32,33)30-15-3-13-27-14-4-16-31(20-24-18-28-17-23(19-30)29-24)37(34,35)26-11-7-22(2)8-12-26/h5-12,17-18,27H,3-4,13-16,19-20H2,1-2H3. The first-order chi connectivity index (χ1) is 17.7. The quantitative estimate of drug-likeness (QED) is 0.538. The average Bonchev–Trinajstić information content (AvgIpc) is 2.87. The van der Waals surface area contributed by atoms with Crippen LogP contribution in [0, 0.1) is 13.8 Å². The van der Waals surface area contributed by atoms with E-state index < -0.39 is 20.0 Å². The van der Waals surface area contributed by atoms with Crippen LogP contribution < -0.4 is 5.32 Å². The second-order valence-electron chi connectivity index (χ2n) is 9.26. The second kappa shape index (κ2) is 11.8. The molecule has 11 heteroatoms. The number of nitrogens with zero attached hydrogens (tertiary/aromatic N) is 4. The fourth-order valence-corrected chi connectivity index (χ4v) is 7.04. The number of rotatable bonds is 4. The molecule has 0 atom stereocenters. The normalized spacial score (nSPS) is 17.2. The Labute approximate surface area is 219 Å². The molecular formula is C26H33N5O4S2. The summed E-state index contributed by atoms with van der Waals surface area (Å²) >= 11 is 0. The molecule has 0 saturated carbocycles. The number of sulfonamides is 2. The molecule has 1 aliphatic rings. The minimum atomic E-state index is -3.76. The van der Waals surface area contributed by atoms with Crippen LogP contribution in [-0.2, 0) is 33.1 Å². The van der Waals surface area contributed by atoms with Gasteiger partial charge in [0.15, 0.2) is 0 Å². The monoisotopic (exact) mass is 543 g/mol. The predicted molar refractivity (Wildman–Crippen MR) is 142 cm³/mol. The van der Waals surface area contributed by atoms with E-state index in [1.807, 2.05) is 13.8 Å². The first-order valence-electron chi connectivity index (χ1n) is 12.3. The molecule has 2 heterocycles. The molecule has 0 amide bonds. The molecule has 9 nitrogen and oxygen atoms in total. The van der Waals surface area contributed by atoms with Crippen LogP contribution in [0.25, 0.3) is 0 Å². The maximum absolute atomic E-state index is 13.5. The van der Waals surface area contributed by atoms with Crippen LogP contribution in [0.2, 0.25) is 0 Å². The van der Waals surface area contributed by atoms with Crippen molar-refractivity contribution in [2.24, 2.45) is 0 Å². The van der Waals surface area contributed by atoms with E-state index in [1.165, 1.54) is 21.0 Å². The van der Waals surface area contributed by atoms with Gasteiger partial charge in [0.05, 0.1) is 34.3 Å². The zero-order valence-corrected chi connectivity index (χ0v) is 22.8. The van der Waals surface area contributed by atoms with Gasteiger partial charge in [-0.05, 0) is 64.0 Å². The minimum absolute atomic E-state index is 0.0434. The van der Waals surface area contributed by atoms with E-state index in [2.05, 4.69) is 15.3 Å². The van der Waals surface area contributed by atoms with Gasteiger partial charge in [0, 0.05) is 25.5 Å². The Morgan fingerprint density at radius 1 is 0.676 bits per heavy atom. The van der Waals surface area contributed by atoms with E-state index in [4.69, 9.17) is 0 Å². The van der Waals surface area contributed by atoms with Gasteiger partial charge in [0.1, 0.15) is 0 Å². The molecule has 0 saturated heterocycles. The van der Waals surface area contributed by atoms with Gasteiger partial charge in [-0.3, -0.25) is 9.97 Å². The largest absolute Gasteiger partial charge is 0.317 e. The van der Waals surface area contributed by atoms with Crippen molar-refractivity contribution < 1.29 is 16.8 Å². The Kier molecular flexibility index (Phi) is 8.71. The van der Waals surface area contributed by atoms with Crippen LogP contribution in [-0.4, -0.2) is 61.6 Å². The Morgan fingerprint density at radius 2 is 1.08 bits per heavy atom. The number of fused-ring (bicyclic) bond motifs is 2. The molecule has 1 aromatic heterocycles. The summed E-state index contributed by atoms with van der Waals surface area (Å²) in [7, 11) is -7.51. The van der Waals surface area contributed by atoms with Gasteiger partial charge in [0.2, 0.25) is 20.0 Å². The van der Waals surface area contributed by atoms with Crippen LogP contribution >= 0.6 is 0 Å². The van der Waals surface area contributed by atoms with Crippen molar-refractivity contribution >= 4 is 20.0 Å². The van der Waals surface area contributed by atoms with Crippen LogP contribution in [0.1, 0.15) is 35.4 Å². The molecular weight excluding hydrogens is 510 g/mol. The minimum Gasteiger partial charge on any atom is -0.317 e. The molecule has 2 aromatic carbocycles. The van der Waals surface area contributed by atoms with E-state index in [0.717, 1.165) is 11.1 Å². The average molecular weight is 544 g/mol. The summed E-state index contributed by atoms with van der Waals surface area (Å²) in [5, 5.41) is 3.31. The third-order valence-electron chi connectivity index (χ3n) is 6.25. The molecule has 0 fully saturated rings. The molecule has 2 bridgehead atoms. The van der Waals surface area contributed by atoms with Crippen molar-refractivity contribution in [2.75, 3.05) is 26.2 Å². The van der Waals surface area contributed by atoms with E-state index >= 15 is 0 Å². The van der Waals surface area contributed by atoms with E-state index in [-0.39, 0.29) is 22.9 Å². The Bertz CT molecular complexity index is 1310. The van der Waals surface area contributed by atoms with Crippen LogP contribution in [0.3, 0.4) is 0 Å². The fourth-order valence-electron chi connectivity index (χ4n) is 4.14. The summed E-state index contributed by atoms with van der Waals surface area (Å²) in [6.07, 6.45) is 4.27. The van der Waals surface area contributed by atoms with Crippen molar-refractivity contribution in [3.05, 3.63) is 83.4 Å². The summed E-state index contributed by atoms with van der Waals surface area (Å²) in [5.41, 5.74) is 2.89. The number of hydrogen-bond donors (Lipinski definition) is 1. The highest BCUT2D eigenvalue weighted by molar-refractivity contribution is 7.89. The Balaban J connectivity index is 1.64. The first kappa shape index (κ1) is 27.3. The highest BCUT2D eigenvalue weighted by Crippen LogP contribution is 2.21. The summed E-state index contributed by atoms with van der Waals surface area (Å²) in [6, 6.07) is 13.6. The molecule has 1 aliphatic heterocycles. The molecule has 1 N–H and O–H groups in total. The third-order valence-corrected chi connectivity index (χ3v) is 9.97. The first-order valence-corrected chi connectivity index (χ1v) is 15.2. The van der Waals surface area contributed by atoms with Crippen LogP contribution in [0.5, 0.6) is 0 Å². The van der Waals surface area contributed by atoms with Crippen molar-refractivity contribution in [1.29, 1.82) is 0 Å². The molecule has 0 aliphatic carbocycles. The van der Waals surface area contributed by atoms with Crippen molar-refractivity contribution in [3.63, 3.8) is 0 Å². The molecule has 0 spiro atoms. The third kappa shape index (κ3) is 6.79. The lowest BCUT2D eigenvalue weighted by molar-refractivity contribution is 0.372. The lowest BCUT2D eigenvalue weighted by Crippen LogP contribution is -2.36. The molecule has 0 unspecified atom stereocenters. The van der Waals surface area contributed by atoms with Gasteiger partial charge in [-0.15, -0.1) is 0 Å². The Morgan fingerprint density at radius 3 is 1.49 bits per heavy atom. The Hall–Kier alpha value is -2.70. The molecule has 3 aromatic rings. The fraction of sp³-hybridized carbons (Fsp3) is 0.385. The van der Waals surface area contributed by atoms with Gasteiger partial charge < -0.3 is 5.32 Å². The second-order valence-corrected chi connectivity index (χ2v) is 13.1. The van der Waals surface area contributed by atoms with Crippen molar-refractivity contribution in [2.45, 2.75) is 49.6 Å². The number of nitrogens with one attached hydrogen (secondary N) is 1. The van der Waals surface area contributed by atoms with Gasteiger partial charge in [-0.1, -0.05) is 35.4 Å². The van der Waals surface area contributed by atoms with Gasteiger partial charge >= 0.3 is 0 Å². The number of aromatic nitrogens is 2. The van der Waals surface area contributed by atoms with Crippen molar-refractivity contribution in [3.8, 4) is 0 Å². The zero-order valence-electron chi connectivity index (χ0n) is 21.2. The summed E-state index contributed by atoms with van der Waals surface area (Å²) in [5.74, 6) is 0. The lowest BCUT2D eigenvalue weighted by Gasteiger charge is -2.24. The van der Waals surface area contributed by atoms with Gasteiger partial charge in [-0.25, -0.2) is 16.8 Å². The molecule has 198 valence electrons. The SMILES string of the molecule is Cc1ccc(S(=O)(=O)N2CCCNCCCN(S(=O)(=O)c3ccc(C)cc3)Cc3cncc(n3)C2)cc1. The smallest absolute Gasteiger partial charge is 0.243 e. The summed E-state index contributed by atoms with van der Waals surface area (Å²) in [4.78, 5) is 9.33. The van der Waals surface area contributed by atoms with Crippen LogP contribution in [0.15, 0.2) is 70.7 Å². The maximum Gasteiger partial charge on any atom is 0.243 e. The molecule has 4 rings (SSSR count). The molecule has 37 heavy (non-hydrogen) atoms. The topological polar surface area (TPSA) is 113 Å². The van der Waals surface area contributed by atoms with Crippen molar-refractivity contribution in [1.82, 2.24) is 23.9 Å². The predicted octanol–water partition coefficient (Wildman–Crippen LogP) is 2.86. The van der Waals surface area contributed by atoms with Gasteiger partial charge in [-0.2, -0.15) is 8.61 Å². The maximum atomic E-state index is 13.5. The highest BCUT2D eigenvalue weighted by atomic mass is 32.2. The number of hydrogen-bond acceptors (Lipinski definition) is 7. The van der Waals surface area contributed by atoms with Crippen LogP contribution in [0.4, 0.5) is 0 Å². The van der Waals surface area contributed by atoms with E-state index in [9.17, 15) is 16.8 Å². The highest BCUT2D eigenvalue weighted by Gasteiger charge is 2.27. The van der Waals surface area contributed by atoms with E-state index in [0.29, 0.717) is 50.4 Å². The number of benzene rings is 2. The lowest BCUT2D eigenvalue weighted by atomic mass is 10.2. The summed E-state index contributed by atoms with van der Waals surface area (Å²) in [6.45, 7) is 5.77. The van der Waals surface area contributed by atoms with E-state index in [1.54, 1.807) is 48.5 Å².